The average molecular weight is 440 g/mol. The molecule has 0 aliphatic heterocycles. The minimum absolute atomic E-state index is 0. The molecule has 1 aromatic heterocycles. The zero-order chi connectivity index (χ0) is 22.9. The molecule has 1 heterocycles. The van der Waals surface area contributed by atoms with Crippen molar-refractivity contribution in [2.75, 3.05) is 18.6 Å². The highest BCUT2D eigenvalue weighted by Gasteiger charge is 2.32. The van der Waals surface area contributed by atoms with Gasteiger partial charge in [-0.05, 0) is 37.1 Å². The smallest absolute Gasteiger partial charge is 0.252 e. The number of halogens is 1. The third-order valence-electron chi connectivity index (χ3n) is 4.85. The van der Waals surface area contributed by atoms with Gasteiger partial charge in [-0.3, -0.25) is 4.79 Å². The Balaban J connectivity index is 0.00000291. The number of benzene rings is 1. The molecule has 0 radical (unpaired) electrons. The van der Waals surface area contributed by atoms with E-state index in [-0.39, 0.29) is 35.1 Å². The van der Waals surface area contributed by atoms with Crippen LogP contribution in [-0.2, 0) is 4.18 Å². The molecule has 2 atom stereocenters. The molecular formula is C23H38FN3O2S. The van der Waals surface area contributed by atoms with E-state index >= 15 is 0 Å². The van der Waals surface area contributed by atoms with Gasteiger partial charge >= 0.3 is 0 Å². The van der Waals surface area contributed by atoms with E-state index in [4.69, 9.17) is 4.18 Å². The lowest BCUT2D eigenvalue weighted by molar-refractivity contribution is 0.0928. The second-order valence-corrected chi connectivity index (χ2v) is 11.8. The van der Waals surface area contributed by atoms with E-state index in [1.807, 2.05) is 20.8 Å². The standard InChI is InChI=1S/C21H30FN3O2S.C2H6.H2/c1-7-28(6,21(3,4)5)27-14-15(2)25-20(26)16-10-8-11-17(22)18(16)19-23-12-9-13-24-19;1-2;/h8-13,15H,7,14H2,1-6H3,(H,25,26);1-2H3;1H/t15-;;/m0../s1. The van der Waals surface area contributed by atoms with E-state index in [0.29, 0.717) is 6.61 Å². The van der Waals surface area contributed by atoms with Gasteiger partial charge in [0, 0.05) is 18.6 Å². The van der Waals surface area contributed by atoms with Crippen molar-refractivity contribution in [1.29, 1.82) is 0 Å². The van der Waals surface area contributed by atoms with Crippen LogP contribution in [0.15, 0.2) is 36.7 Å². The van der Waals surface area contributed by atoms with Crippen LogP contribution in [0.3, 0.4) is 0 Å². The predicted molar refractivity (Wildman–Crippen MR) is 128 cm³/mol. The van der Waals surface area contributed by atoms with Gasteiger partial charge in [0.1, 0.15) is 5.82 Å². The van der Waals surface area contributed by atoms with Crippen molar-refractivity contribution in [3.8, 4) is 11.4 Å². The van der Waals surface area contributed by atoms with Gasteiger partial charge in [0.05, 0.1) is 23.8 Å². The molecule has 0 fully saturated rings. The van der Waals surface area contributed by atoms with E-state index in [9.17, 15) is 9.18 Å². The highest BCUT2D eigenvalue weighted by molar-refractivity contribution is 8.30. The molecule has 0 saturated carbocycles. The summed E-state index contributed by atoms with van der Waals surface area (Å²) in [6.07, 6.45) is 5.21. The van der Waals surface area contributed by atoms with Gasteiger partial charge in [-0.2, -0.15) is 0 Å². The Morgan fingerprint density at radius 3 is 2.37 bits per heavy atom. The summed E-state index contributed by atoms with van der Waals surface area (Å²) in [5.74, 6) is 0.224. The third-order valence-corrected chi connectivity index (χ3v) is 9.20. The van der Waals surface area contributed by atoms with Gasteiger partial charge in [-0.1, -0.05) is 47.6 Å². The fourth-order valence-corrected chi connectivity index (χ4v) is 4.55. The number of nitrogens with one attached hydrogen (secondary N) is 1. The second kappa shape index (κ2) is 11.4. The van der Waals surface area contributed by atoms with Crippen molar-refractivity contribution in [2.24, 2.45) is 0 Å². The highest BCUT2D eigenvalue weighted by atomic mass is 32.3. The van der Waals surface area contributed by atoms with Gasteiger partial charge in [0.15, 0.2) is 5.82 Å². The number of carbonyl (C=O) groups excluding carboxylic acids is 1. The maximum Gasteiger partial charge on any atom is 0.252 e. The normalized spacial score (nSPS) is 15.2. The van der Waals surface area contributed by atoms with Gasteiger partial charge in [0.25, 0.3) is 5.91 Å². The lowest BCUT2D eigenvalue weighted by Gasteiger charge is -2.46. The summed E-state index contributed by atoms with van der Waals surface area (Å²) >= 11 is 0. The van der Waals surface area contributed by atoms with Crippen LogP contribution in [0.25, 0.3) is 11.4 Å². The number of nitrogens with zero attached hydrogens (tertiary/aromatic N) is 2. The van der Waals surface area contributed by atoms with E-state index in [1.54, 1.807) is 12.1 Å². The Morgan fingerprint density at radius 2 is 1.83 bits per heavy atom. The van der Waals surface area contributed by atoms with E-state index in [1.165, 1.54) is 24.5 Å². The first-order chi connectivity index (χ1) is 14.1. The first-order valence-electron chi connectivity index (χ1n) is 10.4. The monoisotopic (exact) mass is 439 g/mol. The third kappa shape index (κ3) is 6.51. The molecule has 1 amide bonds. The average Bonchev–Trinajstić information content (AvgIpc) is 2.73. The van der Waals surface area contributed by atoms with Crippen molar-refractivity contribution in [1.82, 2.24) is 15.3 Å². The van der Waals surface area contributed by atoms with Crippen LogP contribution in [0, 0.1) is 5.82 Å². The number of hydrogen-bond donors (Lipinski definition) is 1. The van der Waals surface area contributed by atoms with Crippen molar-refractivity contribution in [2.45, 2.75) is 59.3 Å². The molecule has 170 valence electrons. The van der Waals surface area contributed by atoms with E-state index in [0.717, 1.165) is 5.75 Å². The first-order valence-corrected chi connectivity index (χ1v) is 12.5. The Hall–Kier alpha value is -1.99. The molecule has 1 aromatic carbocycles. The largest absolute Gasteiger partial charge is 0.347 e. The fourth-order valence-electron chi connectivity index (χ4n) is 2.66. The minimum atomic E-state index is -1.28. The molecule has 0 aliphatic carbocycles. The maximum absolute atomic E-state index is 14.4. The molecule has 0 saturated heterocycles. The van der Waals surface area contributed by atoms with Crippen LogP contribution in [0.1, 0.15) is 60.3 Å². The fraction of sp³-hybridized carbons (Fsp3) is 0.522. The van der Waals surface area contributed by atoms with Crippen LogP contribution in [0.4, 0.5) is 4.39 Å². The molecule has 0 spiro atoms. The first kappa shape index (κ1) is 26.0. The van der Waals surface area contributed by atoms with Crippen LogP contribution in [-0.4, -0.2) is 45.3 Å². The molecule has 7 heteroatoms. The quantitative estimate of drug-likeness (QED) is 0.587. The van der Waals surface area contributed by atoms with Crippen LogP contribution < -0.4 is 5.32 Å². The minimum Gasteiger partial charge on any atom is -0.347 e. The Bertz CT molecular complexity index is 818. The van der Waals surface area contributed by atoms with Crippen LogP contribution >= 0.6 is 10.3 Å². The maximum atomic E-state index is 14.4. The van der Waals surface area contributed by atoms with Crippen molar-refractivity contribution >= 4 is 16.2 Å². The second-order valence-electron chi connectivity index (χ2n) is 7.80. The SMILES string of the molecule is CC.CCS(C)(OC[C@H](C)NC(=O)c1cccc(F)c1-c1ncccn1)C(C)(C)C.[HH]. The van der Waals surface area contributed by atoms with E-state index < -0.39 is 16.1 Å². The summed E-state index contributed by atoms with van der Waals surface area (Å²) in [6, 6.07) is 5.81. The molecule has 0 bridgehead atoms. The molecule has 5 nitrogen and oxygen atoms in total. The Kier molecular flexibility index (Phi) is 9.91. The molecule has 0 aliphatic rings. The Labute approximate surface area is 183 Å². The number of rotatable bonds is 7. The van der Waals surface area contributed by atoms with Crippen molar-refractivity contribution in [3.63, 3.8) is 0 Å². The number of carbonyl (C=O) groups is 1. The lowest BCUT2D eigenvalue weighted by Crippen LogP contribution is -2.38. The molecule has 2 aromatic rings. The molecule has 2 rings (SSSR count). The number of aromatic nitrogens is 2. The molecule has 30 heavy (non-hydrogen) atoms. The summed E-state index contributed by atoms with van der Waals surface area (Å²) in [5, 5.41) is 2.91. The summed E-state index contributed by atoms with van der Waals surface area (Å²) < 4.78 is 20.7. The highest BCUT2D eigenvalue weighted by Crippen LogP contribution is 2.56. The molecule has 1 N–H and O–H groups in total. The summed E-state index contributed by atoms with van der Waals surface area (Å²) in [7, 11) is -1.28. The van der Waals surface area contributed by atoms with Crippen molar-refractivity contribution < 1.29 is 14.8 Å². The molecular weight excluding hydrogens is 401 g/mol. The predicted octanol–water partition coefficient (Wildman–Crippen LogP) is 5.86. The van der Waals surface area contributed by atoms with E-state index in [2.05, 4.69) is 49.2 Å². The number of amides is 1. The lowest BCUT2D eigenvalue weighted by atomic mass is 10.0. The summed E-state index contributed by atoms with van der Waals surface area (Å²) in [4.78, 5) is 21.0. The van der Waals surface area contributed by atoms with Crippen molar-refractivity contribution in [3.05, 3.63) is 48.0 Å². The topological polar surface area (TPSA) is 64.1 Å². The molecule has 1 unspecified atom stereocenters. The van der Waals surface area contributed by atoms with Crippen LogP contribution in [0.5, 0.6) is 0 Å². The van der Waals surface area contributed by atoms with Gasteiger partial charge in [-0.15, -0.1) is 10.3 Å². The zero-order valence-corrected chi connectivity index (χ0v) is 20.3. The van der Waals surface area contributed by atoms with Gasteiger partial charge in [-0.25, -0.2) is 14.4 Å². The zero-order valence-electron chi connectivity index (χ0n) is 19.5. The van der Waals surface area contributed by atoms with Gasteiger partial charge in [0.2, 0.25) is 0 Å². The number of hydrogen-bond acceptors (Lipinski definition) is 4. The Morgan fingerprint density at radius 1 is 1.23 bits per heavy atom. The van der Waals surface area contributed by atoms with Crippen LogP contribution in [0.2, 0.25) is 0 Å². The summed E-state index contributed by atoms with van der Waals surface area (Å²) in [6.45, 7) is 14.9. The summed E-state index contributed by atoms with van der Waals surface area (Å²) in [5.41, 5.74) is 0.312. The van der Waals surface area contributed by atoms with Gasteiger partial charge < -0.3 is 9.50 Å².